The first-order valence-corrected chi connectivity index (χ1v) is 6.94. The second-order valence-corrected chi connectivity index (χ2v) is 5.22. The van der Waals surface area contributed by atoms with Gasteiger partial charge in [0.2, 0.25) is 0 Å². The molecule has 1 aliphatic heterocycles. The zero-order chi connectivity index (χ0) is 14.8. The molecule has 3 rings (SSSR count). The molecule has 1 aromatic heterocycles. The van der Waals surface area contributed by atoms with Crippen LogP contribution in [0.5, 0.6) is 5.75 Å². The highest BCUT2D eigenvalue weighted by Gasteiger charge is 2.19. The average molecular weight is 304 g/mol. The molecule has 5 nitrogen and oxygen atoms in total. The average Bonchev–Trinajstić information content (AvgIpc) is 2.49. The molecule has 1 unspecified atom stereocenters. The van der Waals surface area contributed by atoms with E-state index in [9.17, 15) is 4.79 Å². The molecule has 1 atom stereocenters. The van der Waals surface area contributed by atoms with Gasteiger partial charge in [-0.3, -0.25) is 9.78 Å². The molecular weight excluding hydrogens is 290 g/mol. The summed E-state index contributed by atoms with van der Waals surface area (Å²) < 4.78 is 5.40. The van der Waals surface area contributed by atoms with Crippen LogP contribution in [0.15, 0.2) is 36.7 Å². The highest BCUT2D eigenvalue weighted by Crippen LogP contribution is 2.37. The Morgan fingerprint density at radius 2 is 2.14 bits per heavy atom. The number of nitrogens with one attached hydrogen (secondary N) is 2. The predicted octanol–water partition coefficient (Wildman–Crippen LogP) is 3.24. The smallest absolute Gasteiger partial charge is 0.262 e. The summed E-state index contributed by atoms with van der Waals surface area (Å²) in [5, 5.41) is 6.59. The fourth-order valence-corrected chi connectivity index (χ4v) is 2.40. The van der Waals surface area contributed by atoms with Crippen molar-refractivity contribution in [2.45, 2.75) is 13.0 Å². The molecule has 0 spiro atoms. The van der Waals surface area contributed by atoms with E-state index in [1.165, 1.54) is 0 Å². The van der Waals surface area contributed by atoms with Crippen LogP contribution in [0.1, 0.15) is 18.5 Å². The van der Waals surface area contributed by atoms with Crippen LogP contribution in [-0.4, -0.2) is 17.5 Å². The van der Waals surface area contributed by atoms with Crippen LogP contribution >= 0.6 is 11.6 Å². The summed E-state index contributed by atoms with van der Waals surface area (Å²) in [7, 11) is 0. The number of halogens is 1. The third-order valence-corrected chi connectivity index (χ3v) is 3.59. The van der Waals surface area contributed by atoms with Gasteiger partial charge >= 0.3 is 0 Å². The van der Waals surface area contributed by atoms with Crippen molar-refractivity contribution in [2.24, 2.45) is 0 Å². The van der Waals surface area contributed by atoms with Crippen LogP contribution in [0.3, 0.4) is 0 Å². The third kappa shape index (κ3) is 2.92. The first kappa shape index (κ1) is 13.7. The summed E-state index contributed by atoms with van der Waals surface area (Å²) >= 11 is 6.26. The number of nitrogens with zero attached hydrogens (tertiary/aromatic N) is 1. The van der Waals surface area contributed by atoms with Crippen molar-refractivity contribution in [1.29, 1.82) is 0 Å². The quantitative estimate of drug-likeness (QED) is 0.913. The van der Waals surface area contributed by atoms with Gasteiger partial charge in [-0.1, -0.05) is 11.6 Å². The summed E-state index contributed by atoms with van der Waals surface area (Å²) in [4.78, 5) is 15.3. The molecule has 108 valence electrons. The molecule has 6 heteroatoms. The molecular formula is C15H14ClN3O2. The van der Waals surface area contributed by atoms with Gasteiger partial charge in [0.25, 0.3) is 5.91 Å². The molecule has 0 aliphatic carbocycles. The molecule has 0 saturated heterocycles. The fraction of sp³-hybridized carbons (Fsp3) is 0.200. The lowest BCUT2D eigenvalue weighted by Gasteiger charge is -2.22. The molecule has 2 N–H and O–H groups in total. The summed E-state index contributed by atoms with van der Waals surface area (Å²) in [5.41, 5.74) is 2.46. The van der Waals surface area contributed by atoms with Crippen molar-refractivity contribution in [3.8, 4) is 5.75 Å². The largest absolute Gasteiger partial charge is 0.482 e. The summed E-state index contributed by atoms with van der Waals surface area (Å²) in [6.07, 6.45) is 3.50. The van der Waals surface area contributed by atoms with E-state index in [2.05, 4.69) is 15.6 Å². The summed E-state index contributed by atoms with van der Waals surface area (Å²) in [6, 6.07) is 7.45. The number of carbonyl (C=O) groups excluding carboxylic acids is 1. The van der Waals surface area contributed by atoms with E-state index in [0.29, 0.717) is 16.5 Å². The number of benzene rings is 1. The van der Waals surface area contributed by atoms with E-state index in [0.717, 1.165) is 11.3 Å². The van der Waals surface area contributed by atoms with E-state index in [4.69, 9.17) is 16.3 Å². The third-order valence-electron chi connectivity index (χ3n) is 3.28. The van der Waals surface area contributed by atoms with Gasteiger partial charge in [0.15, 0.2) is 6.61 Å². The fourth-order valence-electron chi connectivity index (χ4n) is 2.18. The lowest BCUT2D eigenvalue weighted by Crippen LogP contribution is -2.25. The Balaban J connectivity index is 1.84. The Bertz CT molecular complexity index is 676. The highest BCUT2D eigenvalue weighted by molar-refractivity contribution is 6.33. The second-order valence-electron chi connectivity index (χ2n) is 4.81. The molecule has 1 aromatic carbocycles. The molecule has 2 heterocycles. The number of fused-ring (bicyclic) bond motifs is 1. The molecule has 0 bridgehead atoms. The minimum absolute atomic E-state index is 0.0218. The van der Waals surface area contributed by atoms with Crippen LogP contribution in [0.2, 0.25) is 5.02 Å². The number of rotatable bonds is 3. The maximum Gasteiger partial charge on any atom is 0.262 e. The number of pyridine rings is 1. The molecule has 0 saturated carbocycles. The van der Waals surface area contributed by atoms with Gasteiger partial charge in [-0.25, -0.2) is 0 Å². The predicted molar refractivity (Wildman–Crippen MR) is 81.9 cm³/mol. The molecule has 1 amide bonds. The zero-order valence-electron chi connectivity index (χ0n) is 11.4. The van der Waals surface area contributed by atoms with Gasteiger partial charge in [-0.2, -0.15) is 0 Å². The van der Waals surface area contributed by atoms with Gasteiger partial charge in [0, 0.05) is 24.5 Å². The van der Waals surface area contributed by atoms with Crippen LogP contribution in [-0.2, 0) is 4.79 Å². The van der Waals surface area contributed by atoms with E-state index in [-0.39, 0.29) is 18.6 Å². The van der Waals surface area contributed by atoms with Crippen molar-refractivity contribution in [3.05, 3.63) is 47.2 Å². The molecule has 21 heavy (non-hydrogen) atoms. The summed E-state index contributed by atoms with van der Waals surface area (Å²) in [6.45, 7) is 2.06. The van der Waals surface area contributed by atoms with Gasteiger partial charge in [-0.05, 0) is 30.7 Å². The van der Waals surface area contributed by atoms with Crippen LogP contribution in [0.4, 0.5) is 11.4 Å². The van der Waals surface area contributed by atoms with Crippen molar-refractivity contribution in [3.63, 3.8) is 0 Å². The molecule has 1 aliphatic rings. The van der Waals surface area contributed by atoms with Gasteiger partial charge < -0.3 is 15.4 Å². The lowest BCUT2D eigenvalue weighted by molar-refractivity contribution is -0.118. The molecule has 0 radical (unpaired) electrons. The van der Waals surface area contributed by atoms with Crippen LogP contribution in [0, 0.1) is 0 Å². The van der Waals surface area contributed by atoms with Gasteiger partial charge in [-0.15, -0.1) is 0 Å². The van der Waals surface area contributed by atoms with E-state index in [1.54, 1.807) is 24.5 Å². The molecule has 0 fully saturated rings. The Kier molecular flexibility index (Phi) is 3.66. The normalized spacial score (nSPS) is 14.7. The van der Waals surface area contributed by atoms with Crippen molar-refractivity contribution >= 4 is 28.9 Å². The first-order chi connectivity index (χ1) is 10.1. The van der Waals surface area contributed by atoms with Crippen LogP contribution in [0.25, 0.3) is 0 Å². The number of aromatic nitrogens is 1. The Morgan fingerprint density at radius 3 is 2.90 bits per heavy atom. The number of hydrogen-bond donors (Lipinski definition) is 2. The maximum absolute atomic E-state index is 11.3. The maximum atomic E-state index is 11.3. The zero-order valence-corrected chi connectivity index (χ0v) is 12.1. The number of anilines is 2. The van der Waals surface area contributed by atoms with E-state index < -0.39 is 0 Å². The minimum atomic E-state index is -0.176. The number of carbonyl (C=O) groups is 1. The van der Waals surface area contributed by atoms with Gasteiger partial charge in [0.05, 0.1) is 16.4 Å². The highest BCUT2D eigenvalue weighted by atomic mass is 35.5. The Morgan fingerprint density at radius 1 is 1.38 bits per heavy atom. The van der Waals surface area contributed by atoms with Gasteiger partial charge in [0.1, 0.15) is 5.75 Å². The summed E-state index contributed by atoms with van der Waals surface area (Å²) in [5.74, 6) is 0.438. The Labute approximate surface area is 127 Å². The monoisotopic (exact) mass is 303 g/mol. The lowest BCUT2D eigenvalue weighted by atomic mass is 10.1. The van der Waals surface area contributed by atoms with Crippen molar-refractivity contribution in [2.75, 3.05) is 17.2 Å². The SMILES string of the molecule is CC(Nc1cc2c(cc1Cl)NC(=O)CO2)c1ccncc1. The molecule has 2 aromatic rings. The van der Waals surface area contributed by atoms with E-state index >= 15 is 0 Å². The second kappa shape index (κ2) is 5.61. The van der Waals surface area contributed by atoms with Crippen molar-refractivity contribution in [1.82, 2.24) is 4.98 Å². The first-order valence-electron chi connectivity index (χ1n) is 6.56. The van der Waals surface area contributed by atoms with Crippen molar-refractivity contribution < 1.29 is 9.53 Å². The van der Waals surface area contributed by atoms with Crippen LogP contribution < -0.4 is 15.4 Å². The minimum Gasteiger partial charge on any atom is -0.482 e. The van der Waals surface area contributed by atoms with E-state index in [1.807, 2.05) is 19.1 Å². The standard InChI is InChI=1S/C15H14ClN3O2/c1-9(10-2-4-17-5-3-10)18-12-7-14-13(6-11(12)16)19-15(20)8-21-14/h2-7,9,18H,8H2,1H3,(H,19,20). The number of ether oxygens (including phenoxy) is 1. The number of hydrogen-bond acceptors (Lipinski definition) is 4. The topological polar surface area (TPSA) is 63.2 Å². The Hall–Kier alpha value is -2.27. The number of amides is 1.